The van der Waals surface area contributed by atoms with Crippen LogP contribution in [0.25, 0.3) is 0 Å². The summed E-state index contributed by atoms with van der Waals surface area (Å²) in [7, 11) is 1.52. The highest BCUT2D eigenvalue weighted by molar-refractivity contribution is 8.15. The number of hydrogen-bond donors (Lipinski definition) is 2. The molecule has 0 saturated carbocycles. The van der Waals surface area contributed by atoms with Crippen LogP contribution in [0.4, 0.5) is 8.78 Å². The molecule has 0 aliphatic carbocycles. The number of aliphatic imine (C=N–C) groups is 1. The van der Waals surface area contributed by atoms with Crippen LogP contribution in [0.3, 0.4) is 0 Å². The molecule has 1 heterocycles. The molecule has 1 aliphatic rings. The molecule has 0 radical (unpaired) electrons. The lowest BCUT2D eigenvalue weighted by Gasteiger charge is -2.36. The monoisotopic (exact) mass is 499 g/mol. The molecule has 2 atom stereocenters. The highest BCUT2D eigenvalue weighted by Crippen LogP contribution is 2.50. The minimum absolute atomic E-state index is 0.0888. The van der Waals surface area contributed by atoms with Crippen molar-refractivity contribution in [1.82, 2.24) is 15.6 Å². The predicted octanol–water partition coefficient (Wildman–Crippen LogP) is 3.64. The second-order valence-corrected chi connectivity index (χ2v) is 8.82. The third-order valence-corrected chi connectivity index (χ3v) is 6.73. The molecule has 12 heteroatoms. The number of rotatable bonds is 8. The van der Waals surface area contributed by atoms with Crippen LogP contribution in [0.15, 0.2) is 63.8 Å². The van der Waals surface area contributed by atoms with Gasteiger partial charge >= 0.3 is 0 Å². The average Bonchev–Trinajstić information content (AvgIpc) is 3.27. The summed E-state index contributed by atoms with van der Waals surface area (Å²) < 4.78 is 28.6. The predicted molar refractivity (Wildman–Crippen MR) is 130 cm³/mol. The summed E-state index contributed by atoms with van der Waals surface area (Å²) in [6.07, 6.45) is 2.57. The third kappa shape index (κ3) is 5.63. The van der Waals surface area contributed by atoms with Gasteiger partial charge in [0.1, 0.15) is 21.5 Å². The summed E-state index contributed by atoms with van der Waals surface area (Å²) in [5.74, 6) is -1.73. The van der Waals surface area contributed by atoms with E-state index in [0.717, 1.165) is 35.0 Å². The molecule has 3 rings (SSSR count). The molecule has 2 aromatic carbocycles. The minimum atomic E-state index is -1.24. The molecule has 0 bridgehead atoms. The van der Waals surface area contributed by atoms with Crippen molar-refractivity contribution in [3.63, 3.8) is 0 Å². The van der Waals surface area contributed by atoms with Crippen molar-refractivity contribution in [3.05, 3.63) is 76.2 Å². The quantitative estimate of drug-likeness (QED) is 0.143. The van der Waals surface area contributed by atoms with E-state index in [1.165, 1.54) is 14.0 Å². The number of benzene rings is 2. The lowest BCUT2D eigenvalue weighted by atomic mass is 9.99. The molecule has 35 heavy (non-hydrogen) atoms. The van der Waals surface area contributed by atoms with E-state index in [1.807, 2.05) is 6.07 Å². The van der Waals surface area contributed by atoms with Crippen LogP contribution in [0, 0.1) is 28.0 Å². The lowest BCUT2D eigenvalue weighted by molar-refractivity contribution is -0.135. The Kier molecular flexibility index (Phi) is 8.48. The fraction of sp³-hybridized carbons (Fsp3) is 0.304. The summed E-state index contributed by atoms with van der Waals surface area (Å²) in [4.78, 5) is 27.2. The van der Waals surface area contributed by atoms with Crippen LogP contribution in [0.5, 0.6) is 0 Å². The number of hydrazone groups is 1. The average molecular weight is 500 g/mol. The molecule has 0 fully saturated rings. The first kappa shape index (κ1) is 25.8. The van der Waals surface area contributed by atoms with Crippen molar-refractivity contribution in [1.29, 1.82) is 5.26 Å². The molecule has 2 N–H and O–H groups in total. The molecule has 2 aromatic rings. The number of guanidine groups is 1. The minimum Gasteiger partial charge on any atom is -0.356 e. The molecule has 0 spiro atoms. The van der Waals surface area contributed by atoms with Gasteiger partial charge in [0.15, 0.2) is 12.2 Å². The molecule has 2 unspecified atom stereocenters. The number of nitriles is 1. The van der Waals surface area contributed by atoms with Gasteiger partial charge in [-0.3, -0.25) is 15.1 Å². The first-order chi connectivity index (χ1) is 16.9. The standard InChI is InChI=1S/C23H23F2N7O2S/c1-15(31-34)21(33)32-23(16-7-4-3-5-8-16,11-6-12-28-22(27-2)29-14-26)35-20(30-32)18-13-17(24)9-10-19(18)25/h3-5,7-10,13,15H,6,11-12H2,1-2H3,(H2,27,28,29). The van der Waals surface area contributed by atoms with Gasteiger partial charge in [0.2, 0.25) is 5.96 Å². The Hall–Kier alpha value is -3.85. The maximum Gasteiger partial charge on any atom is 0.272 e. The number of thioether (sulfide) groups is 1. The molecule has 182 valence electrons. The molecule has 9 nitrogen and oxygen atoms in total. The van der Waals surface area contributed by atoms with Gasteiger partial charge in [-0.25, -0.2) is 13.8 Å². The van der Waals surface area contributed by atoms with E-state index in [2.05, 4.69) is 25.9 Å². The number of hydrogen-bond acceptors (Lipinski definition) is 7. The van der Waals surface area contributed by atoms with Gasteiger partial charge < -0.3 is 5.32 Å². The Morgan fingerprint density at radius 1 is 1.29 bits per heavy atom. The van der Waals surface area contributed by atoms with Crippen molar-refractivity contribution >= 4 is 28.7 Å². The maximum absolute atomic E-state index is 14.6. The van der Waals surface area contributed by atoms with Crippen molar-refractivity contribution < 1.29 is 13.6 Å². The van der Waals surface area contributed by atoms with Crippen molar-refractivity contribution in [3.8, 4) is 6.19 Å². The fourth-order valence-electron chi connectivity index (χ4n) is 3.56. The second kappa shape index (κ2) is 11.5. The number of halogens is 2. The van der Waals surface area contributed by atoms with Gasteiger partial charge in [-0.1, -0.05) is 47.3 Å². The first-order valence-corrected chi connectivity index (χ1v) is 11.5. The van der Waals surface area contributed by atoms with E-state index in [1.54, 1.807) is 30.5 Å². The fourth-order valence-corrected chi connectivity index (χ4v) is 4.99. The summed E-state index contributed by atoms with van der Waals surface area (Å²) in [5.41, 5.74) is 0.598. The van der Waals surface area contributed by atoms with Gasteiger partial charge in [0.05, 0.1) is 0 Å². The number of nitrogens with zero attached hydrogens (tertiary/aromatic N) is 5. The highest BCUT2D eigenvalue weighted by Gasteiger charge is 2.49. The van der Waals surface area contributed by atoms with Crippen molar-refractivity contribution in [2.45, 2.75) is 30.7 Å². The Labute approximate surface area is 205 Å². The maximum atomic E-state index is 14.6. The van der Waals surface area contributed by atoms with E-state index in [-0.39, 0.29) is 16.6 Å². The molecule has 0 saturated heterocycles. The largest absolute Gasteiger partial charge is 0.356 e. The highest BCUT2D eigenvalue weighted by atomic mass is 32.2. The van der Waals surface area contributed by atoms with Crippen LogP contribution in [0.1, 0.15) is 30.9 Å². The zero-order chi connectivity index (χ0) is 25.4. The molecular formula is C23H23F2N7O2S. The zero-order valence-electron chi connectivity index (χ0n) is 19.0. The smallest absolute Gasteiger partial charge is 0.272 e. The molecular weight excluding hydrogens is 476 g/mol. The van der Waals surface area contributed by atoms with E-state index in [4.69, 9.17) is 5.26 Å². The molecule has 1 amide bonds. The SMILES string of the molecule is CN=C(NC#N)NCCCC1(c2ccccc2)SC(c2cc(F)ccc2F)=NN1C(=O)C(C)N=O. The lowest BCUT2D eigenvalue weighted by Crippen LogP contribution is -2.45. The zero-order valence-corrected chi connectivity index (χ0v) is 19.9. The number of carbonyl (C=O) groups is 1. The van der Waals surface area contributed by atoms with Gasteiger partial charge in [0, 0.05) is 19.2 Å². The van der Waals surface area contributed by atoms with E-state index < -0.39 is 28.5 Å². The normalized spacial score (nSPS) is 18.4. The van der Waals surface area contributed by atoms with Crippen LogP contribution >= 0.6 is 11.8 Å². The van der Waals surface area contributed by atoms with Gasteiger partial charge in [-0.2, -0.15) is 10.4 Å². The van der Waals surface area contributed by atoms with Crippen LogP contribution in [-0.4, -0.2) is 41.6 Å². The Morgan fingerprint density at radius 3 is 2.69 bits per heavy atom. The van der Waals surface area contributed by atoms with Crippen LogP contribution in [-0.2, 0) is 9.67 Å². The summed E-state index contributed by atoms with van der Waals surface area (Å²) in [6.45, 7) is 1.73. The van der Waals surface area contributed by atoms with E-state index in [0.29, 0.717) is 24.9 Å². The second-order valence-electron chi connectivity index (χ2n) is 7.55. The number of amides is 1. The number of carbonyl (C=O) groups excluding carboxylic acids is 1. The van der Waals surface area contributed by atoms with E-state index >= 15 is 0 Å². The van der Waals surface area contributed by atoms with Gasteiger partial charge in [0.25, 0.3) is 5.91 Å². The molecule has 1 aliphatic heterocycles. The van der Waals surface area contributed by atoms with Crippen LogP contribution in [0.2, 0.25) is 0 Å². The Balaban J connectivity index is 2.02. The van der Waals surface area contributed by atoms with E-state index in [9.17, 15) is 18.5 Å². The Bertz CT molecular complexity index is 1190. The molecule has 0 aromatic heterocycles. The van der Waals surface area contributed by atoms with Gasteiger partial charge in [-0.15, -0.1) is 4.91 Å². The number of nitrogens with one attached hydrogen (secondary N) is 2. The van der Waals surface area contributed by atoms with Crippen LogP contribution < -0.4 is 10.6 Å². The third-order valence-electron chi connectivity index (χ3n) is 5.29. The number of nitroso groups, excluding NO2 is 1. The summed E-state index contributed by atoms with van der Waals surface area (Å²) in [6, 6.07) is 10.8. The van der Waals surface area contributed by atoms with Crippen molar-refractivity contribution in [2.24, 2.45) is 15.3 Å². The summed E-state index contributed by atoms with van der Waals surface area (Å²) in [5, 5.41) is 22.7. The summed E-state index contributed by atoms with van der Waals surface area (Å²) >= 11 is 1.11. The van der Waals surface area contributed by atoms with Crippen molar-refractivity contribution in [2.75, 3.05) is 13.6 Å². The Morgan fingerprint density at radius 2 is 2.03 bits per heavy atom. The topological polar surface area (TPSA) is 122 Å². The first-order valence-electron chi connectivity index (χ1n) is 10.7. The van der Waals surface area contributed by atoms with Gasteiger partial charge in [-0.05, 0) is 43.5 Å².